The lowest BCUT2D eigenvalue weighted by Gasteiger charge is -2.31. The quantitative estimate of drug-likeness (QED) is 0.576. The van der Waals surface area contributed by atoms with E-state index in [1.54, 1.807) is 24.3 Å². The molecule has 8 nitrogen and oxygen atoms in total. The molecule has 0 aliphatic carbocycles. The van der Waals surface area contributed by atoms with E-state index in [2.05, 4.69) is 20.3 Å². The lowest BCUT2D eigenvalue weighted by molar-refractivity contribution is 0.0939. The Morgan fingerprint density at radius 2 is 1.84 bits per heavy atom. The zero-order chi connectivity index (χ0) is 22.4. The summed E-state index contributed by atoms with van der Waals surface area (Å²) in [5.74, 6) is 0.343. The van der Waals surface area contributed by atoms with Crippen molar-refractivity contribution in [2.75, 3.05) is 42.9 Å². The molecule has 0 bridgehead atoms. The Labute approximate surface area is 184 Å². The van der Waals surface area contributed by atoms with Gasteiger partial charge in [0.05, 0.1) is 23.4 Å². The fraction of sp³-hybridized carbons (Fsp3) is 0.409. The number of methoxy groups -OCH3 is 1. The van der Waals surface area contributed by atoms with Gasteiger partial charge in [-0.05, 0) is 55.8 Å². The summed E-state index contributed by atoms with van der Waals surface area (Å²) >= 11 is 0. The van der Waals surface area contributed by atoms with E-state index in [0.29, 0.717) is 17.0 Å². The van der Waals surface area contributed by atoms with E-state index in [1.165, 1.54) is 19.2 Å². The summed E-state index contributed by atoms with van der Waals surface area (Å²) < 4.78 is 33.9. The lowest BCUT2D eigenvalue weighted by Crippen LogP contribution is -2.43. The van der Waals surface area contributed by atoms with Crippen LogP contribution in [0.2, 0.25) is 0 Å². The SMILES string of the molecule is CCC(C)NC(=O)c1ccc(N2CCNCC2)c(NS(=O)(=O)c2ccc(OC)cc2)c1. The van der Waals surface area contributed by atoms with Crippen LogP contribution >= 0.6 is 0 Å². The fourth-order valence-electron chi connectivity index (χ4n) is 3.31. The van der Waals surface area contributed by atoms with Crippen LogP contribution in [0.15, 0.2) is 47.4 Å². The van der Waals surface area contributed by atoms with Crippen molar-refractivity contribution < 1.29 is 17.9 Å². The van der Waals surface area contributed by atoms with Crippen molar-refractivity contribution >= 4 is 27.3 Å². The number of hydrogen-bond acceptors (Lipinski definition) is 6. The molecule has 1 aliphatic rings. The molecule has 3 N–H and O–H groups in total. The number of amides is 1. The summed E-state index contributed by atoms with van der Waals surface area (Å²) in [5, 5.41) is 6.22. The van der Waals surface area contributed by atoms with Gasteiger partial charge < -0.3 is 20.3 Å². The lowest BCUT2D eigenvalue weighted by atomic mass is 10.1. The Balaban J connectivity index is 1.95. The van der Waals surface area contributed by atoms with Gasteiger partial charge in [0.1, 0.15) is 5.75 Å². The zero-order valence-electron chi connectivity index (χ0n) is 18.1. The van der Waals surface area contributed by atoms with E-state index in [0.717, 1.165) is 38.3 Å². The van der Waals surface area contributed by atoms with Gasteiger partial charge in [0.15, 0.2) is 0 Å². The molecule has 1 aliphatic heterocycles. The van der Waals surface area contributed by atoms with Crippen LogP contribution < -0.4 is 25.0 Å². The average Bonchev–Trinajstić information content (AvgIpc) is 2.79. The van der Waals surface area contributed by atoms with Gasteiger partial charge in [0, 0.05) is 37.8 Å². The second kappa shape index (κ2) is 10.0. The van der Waals surface area contributed by atoms with E-state index in [4.69, 9.17) is 4.74 Å². The maximum absolute atomic E-state index is 13.1. The summed E-state index contributed by atoms with van der Waals surface area (Å²) in [7, 11) is -2.32. The molecule has 1 fully saturated rings. The second-order valence-corrected chi connectivity index (χ2v) is 9.22. The topological polar surface area (TPSA) is 99.8 Å². The van der Waals surface area contributed by atoms with E-state index < -0.39 is 10.0 Å². The summed E-state index contributed by atoms with van der Waals surface area (Å²) in [6.45, 7) is 7.03. The Hall–Kier alpha value is -2.78. The first-order chi connectivity index (χ1) is 14.8. The van der Waals surface area contributed by atoms with Crippen molar-refractivity contribution in [3.05, 3.63) is 48.0 Å². The highest BCUT2D eigenvalue weighted by Crippen LogP contribution is 2.30. The predicted octanol–water partition coefficient (Wildman–Crippen LogP) is 2.43. The van der Waals surface area contributed by atoms with Crippen molar-refractivity contribution in [1.29, 1.82) is 0 Å². The highest BCUT2D eigenvalue weighted by Gasteiger charge is 2.21. The van der Waals surface area contributed by atoms with Crippen molar-refractivity contribution in [3.63, 3.8) is 0 Å². The van der Waals surface area contributed by atoms with Gasteiger partial charge >= 0.3 is 0 Å². The molecule has 1 heterocycles. The van der Waals surface area contributed by atoms with Crippen LogP contribution in [-0.4, -0.2) is 53.7 Å². The van der Waals surface area contributed by atoms with Crippen molar-refractivity contribution in [3.8, 4) is 5.75 Å². The van der Waals surface area contributed by atoms with Crippen LogP contribution in [0.5, 0.6) is 5.75 Å². The smallest absolute Gasteiger partial charge is 0.261 e. The molecule has 2 aromatic rings. The first-order valence-electron chi connectivity index (χ1n) is 10.4. The number of hydrogen-bond donors (Lipinski definition) is 3. The Bertz CT molecular complexity index is 1000. The highest BCUT2D eigenvalue weighted by molar-refractivity contribution is 7.92. The number of ether oxygens (including phenoxy) is 1. The van der Waals surface area contributed by atoms with Gasteiger partial charge in [0.2, 0.25) is 0 Å². The van der Waals surface area contributed by atoms with Gasteiger partial charge in [-0.2, -0.15) is 0 Å². The third-order valence-corrected chi connectivity index (χ3v) is 6.70. The molecular formula is C22H30N4O4S. The maximum atomic E-state index is 13.1. The monoisotopic (exact) mass is 446 g/mol. The number of anilines is 2. The zero-order valence-corrected chi connectivity index (χ0v) is 19.0. The maximum Gasteiger partial charge on any atom is 0.261 e. The number of nitrogens with zero attached hydrogens (tertiary/aromatic N) is 1. The van der Waals surface area contributed by atoms with Crippen molar-refractivity contribution in [2.24, 2.45) is 0 Å². The van der Waals surface area contributed by atoms with Gasteiger partial charge in [-0.1, -0.05) is 6.92 Å². The van der Waals surface area contributed by atoms with E-state index in [1.807, 2.05) is 19.9 Å². The minimum atomic E-state index is -3.85. The molecule has 1 saturated heterocycles. The van der Waals surface area contributed by atoms with E-state index in [-0.39, 0.29) is 16.8 Å². The molecule has 1 atom stereocenters. The Morgan fingerprint density at radius 3 is 2.45 bits per heavy atom. The summed E-state index contributed by atoms with van der Waals surface area (Å²) in [4.78, 5) is 14.9. The molecule has 2 aromatic carbocycles. The summed E-state index contributed by atoms with van der Waals surface area (Å²) in [5.41, 5.74) is 1.54. The molecule has 0 aromatic heterocycles. The van der Waals surface area contributed by atoms with Gasteiger partial charge in [-0.15, -0.1) is 0 Å². The predicted molar refractivity (Wildman–Crippen MR) is 123 cm³/mol. The number of piperazine rings is 1. The Morgan fingerprint density at radius 1 is 1.16 bits per heavy atom. The molecule has 3 rings (SSSR count). The van der Waals surface area contributed by atoms with Crippen molar-refractivity contribution in [2.45, 2.75) is 31.2 Å². The van der Waals surface area contributed by atoms with Gasteiger partial charge in [0.25, 0.3) is 15.9 Å². The first-order valence-corrected chi connectivity index (χ1v) is 11.9. The Kier molecular flexibility index (Phi) is 7.40. The number of carbonyl (C=O) groups excluding carboxylic acids is 1. The number of benzene rings is 2. The molecule has 31 heavy (non-hydrogen) atoms. The summed E-state index contributed by atoms with van der Waals surface area (Å²) in [6, 6.07) is 11.4. The van der Waals surface area contributed by atoms with Gasteiger partial charge in [-0.25, -0.2) is 8.42 Å². The minimum Gasteiger partial charge on any atom is -0.497 e. The minimum absolute atomic E-state index is 0.0276. The molecular weight excluding hydrogens is 416 g/mol. The number of rotatable bonds is 8. The largest absolute Gasteiger partial charge is 0.497 e. The van der Waals surface area contributed by atoms with Crippen LogP contribution in [-0.2, 0) is 10.0 Å². The number of carbonyl (C=O) groups is 1. The molecule has 1 unspecified atom stereocenters. The van der Waals surface area contributed by atoms with Crippen LogP contribution in [0.1, 0.15) is 30.6 Å². The van der Waals surface area contributed by atoms with Crippen LogP contribution in [0.25, 0.3) is 0 Å². The van der Waals surface area contributed by atoms with Gasteiger partial charge in [-0.3, -0.25) is 9.52 Å². The molecule has 168 valence electrons. The third-order valence-electron chi connectivity index (χ3n) is 5.32. The molecule has 9 heteroatoms. The fourth-order valence-corrected chi connectivity index (χ4v) is 4.37. The van der Waals surface area contributed by atoms with Crippen LogP contribution in [0.3, 0.4) is 0 Å². The number of sulfonamides is 1. The standard InChI is InChI=1S/C22H30N4O4S/c1-4-16(2)24-22(27)17-5-10-21(26-13-11-23-12-14-26)20(15-17)25-31(28,29)19-8-6-18(30-3)7-9-19/h5-10,15-16,23,25H,4,11-14H2,1-3H3,(H,24,27). The molecule has 0 spiro atoms. The average molecular weight is 447 g/mol. The molecule has 0 radical (unpaired) electrons. The van der Waals surface area contributed by atoms with Crippen molar-refractivity contribution in [1.82, 2.24) is 10.6 Å². The molecule has 1 amide bonds. The normalized spacial score (nSPS) is 15.3. The number of nitrogens with one attached hydrogen (secondary N) is 3. The van der Waals surface area contributed by atoms with E-state index in [9.17, 15) is 13.2 Å². The highest BCUT2D eigenvalue weighted by atomic mass is 32.2. The van der Waals surface area contributed by atoms with E-state index >= 15 is 0 Å². The van der Waals surface area contributed by atoms with Crippen LogP contribution in [0, 0.1) is 0 Å². The summed E-state index contributed by atoms with van der Waals surface area (Å²) in [6.07, 6.45) is 0.807. The van der Waals surface area contributed by atoms with Crippen LogP contribution in [0.4, 0.5) is 11.4 Å². The second-order valence-electron chi connectivity index (χ2n) is 7.53. The third kappa shape index (κ3) is 5.68. The molecule has 0 saturated carbocycles. The first kappa shape index (κ1) is 22.9.